The number of rotatable bonds is 9. The molecule has 2 aromatic heterocycles. The highest BCUT2D eigenvalue weighted by Crippen LogP contribution is 2.34. The molecular weight excluding hydrogens is 506 g/mol. The Balaban J connectivity index is 1.65. The molecule has 2 aromatic carbocycles. The van der Waals surface area contributed by atoms with E-state index < -0.39 is 24.5 Å². The number of anilines is 1. The van der Waals surface area contributed by atoms with Crippen LogP contribution in [0.3, 0.4) is 0 Å². The van der Waals surface area contributed by atoms with E-state index in [2.05, 4.69) is 15.1 Å². The number of hydrogen-bond donors (Lipinski definition) is 3. The maximum Gasteiger partial charge on any atom is 0.320 e. The van der Waals surface area contributed by atoms with Crippen molar-refractivity contribution in [1.82, 2.24) is 19.7 Å². The molecule has 0 spiro atoms. The second kappa shape index (κ2) is 10.9. The average molecular weight is 529 g/mol. The van der Waals surface area contributed by atoms with Crippen molar-refractivity contribution in [2.75, 3.05) is 5.73 Å². The molecule has 0 radical (unpaired) electrons. The largest absolute Gasteiger partial charge is 0.480 e. The van der Waals surface area contributed by atoms with E-state index in [1.54, 1.807) is 55.6 Å². The van der Waals surface area contributed by atoms with E-state index in [-0.39, 0.29) is 28.8 Å². The maximum atomic E-state index is 14.3. The number of carboxylic acids is 1. The Bertz CT molecular complexity index is 1410. The van der Waals surface area contributed by atoms with Gasteiger partial charge in [-0.25, -0.2) is 18.4 Å². The minimum Gasteiger partial charge on any atom is -0.480 e. The van der Waals surface area contributed by atoms with Crippen molar-refractivity contribution in [1.29, 1.82) is 0 Å². The van der Waals surface area contributed by atoms with Gasteiger partial charge in [0.05, 0.1) is 17.1 Å². The summed E-state index contributed by atoms with van der Waals surface area (Å²) in [4.78, 5) is 19.2. The van der Waals surface area contributed by atoms with Crippen LogP contribution in [0.15, 0.2) is 60.8 Å². The number of carbonyl (C=O) groups is 1. The molecule has 37 heavy (non-hydrogen) atoms. The summed E-state index contributed by atoms with van der Waals surface area (Å²) in [5, 5.41) is 13.6. The molecule has 0 fully saturated rings. The Morgan fingerprint density at radius 1 is 1.14 bits per heavy atom. The van der Waals surface area contributed by atoms with Gasteiger partial charge in [-0.15, -0.1) is 0 Å². The summed E-state index contributed by atoms with van der Waals surface area (Å²) in [6.45, 7) is 1.78. The topological polar surface area (TPSA) is 142 Å². The lowest BCUT2D eigenvalue weighted by Gasteiger charge is -2.21. The molecular formula is C25H23ClF2N6O3. The molecule has 0 aliphatic heterocycles. The van der Waals surface area contributed by atoms with E-state index in [0.29, 0.717) is 28.2 Å². The monoisotopic (exact) mass is 528 g/mol. The molecule has 2 heterocycles. The minimum atomic E-state index is -2.94. The maximum absolute atomic E-state index is 14.3. The summed E-state index contributed by atoms with van der Waals surface area (Å²) in [5.41, 5.74) is 14.3. The fraction of sp³-hybridized carbons (Fsp3) is 0.200. The Labute approximate surface area is 215 Å². The van der Waals surface area contributed by atoms with E-state index in [1.807, 2.05) is 0 Å². The zero-order valence-electron chi connectivity index (χ0n) is 19.6. The van der Waals surface area contributed by atoms with Gasteiger partial charge in [-0.1, -0.05) is 35.9 Å². The van der Waals surface area contributed by atoms with E-state index in [1.165, 1.54) is 16.8 Å². The van der Waals surface area contributed by atoms with Crippen LogP contribution in [0.5, 0.6) is 5.88 Å². The molecule has 12 heteroatoms. The molecule has 4 aromatic rings. The van der Waals surface area contributed by atoms with Gasteiger partial charge in [-0.3, -0.25) is 4.79 Å². The van der Waals surface area contributed by atoms with Gasteiger partial charge in [0, 0.05) is 28.4 Å². The van der Waals surface area contributed by atoms with Crippen molar-refractivity contribution >= 4 is 23.5 Å². The van der Waals surface area contributed by atoms with Gasteiger partial charge in [-0.2, -0.15) is 10.1 Å². The molecule has 0 bridgehead atoms. The number of halogens is 3. The summed E-state index contributed by atoms with van der Waals surface area (Å²) in [6, 6.07) is 13.4. The van der Waals surface area contributed by atoms with E-state index in [0.717, 1.165) is 0 Å². The van der Waals surface area contributed by atoms with Crippen molar-refractivity contribution in [2.45, 2.75) is 31.9 Å². The Hall–Kier alpha value is -4.09. The van der Waals surface area contributed by atoms with Gasteiger partial charge in [-0.05, 0) is 43.2 Å². The van der Waals surface area contributed by atoms with Crippen LogP contribution in [-0.4, -0.2) is 43.3 Å². The Morgan fingerprint density at radius 3 is 2.49 bits per heavy atom. The van der Waals surface area contributed by atoms with Crippen molar-refractivity contribution in [3.05, 3.63) is 82.6 Å². The summed E-state index contributed by atoms with van der Waals surface area (Å²) in [7, 11) is 0. The molecule has 9 nitrogen and oxygen atoms in total. The first kappa shape index (κ1) is 26.0. The zero-order valence-corrected chi connectivity index (χ0v) is 20.3. The van der Waals surface area contributed by atoms with Gasteiger partial charge in [0.25, 0.3) is 6.43 Å². The van der Waals surface area contributed by atoms with Crippen LogP contribution in [0.4, 0.5) is 14.7 Å². The minimum absolute atomic E-state index is 0.114. The number of alkyl halides is 2. The molecule has 192 valence electrons. The molecule has 0 aliphatic rings. The molecule has 4 rings (SSSR count). The normalized spacial score (nSPS) is 12.9. The summed E-state index contributed by atoms with van der Waals surface area (Å²) >= 11 is 6.14. The number of nitrogen functional groups attached to an aromatic ring is 1. The van der Waals surface area contributed by atoms with Gasteiger partial charge in [0.15, 0.2) is 6.10 Å². The smallest absolute Gasteiger partial charge is 0.320 e. The Kier molecular flexibility index (Phi) is 7.65. The molecule has 0 saturated heterocycles. The second-order valence-electron chi connectivity index (χ2n) is 8.27. The fourth-order valence-electron chi connectivity index (χ4n) is 3.70. The number of benzene rings is 2. The van der Waals surface area contributed by atoms with Crippen LogP contribution < -0.4 is 16.2 Å². The number of aliphatic carboxylic acids is 1. The highest BCUT2D eigenvalue weighted by Gasteiger charge is 2.29. The third-order valence-electron chi connectivity index (χ3n) is 5.48. The van der Waals surface area contributed by atoms with Crippen LogP contribution >= 0.6 is 11.6 Å². The lowest BCUT2D eigenvalue weighted by Crippen LogP contribution is -2.32. The van der Waals surface area contributed by atoms with E-state index in [4.69, 9.17) is 32.9 Å². The molecule has 0 unspecified atom stereocenters. The van der Waals surface area contributed by atoms with Crippen molar-refractivity contribution in [3.63, 3.8) is 0 Å². The molecule has 0 saturated carbocycles. The fourth-order valence-corrected chi connectivity index (χ4v) is 3.88. The number of aryl methyl sites for hydroxylation is 1. The molecule has 0 amide bonds. The molecule has 5 N–H and O–H groups in total. The van der Waals surface area contributed by atoms with Gasteiger partial charge >= 0.3 is 5.97 Å². The first-order valence-electron chi connectivity index (χ1n) is 11.1. The predicted molar refractivity (Wildman–Crippen MR) is 134 cm³/mol. The number of hydrogen-bond acceptors (Lipinski definition) is 7. The van der Waals surface area contributed by atoms with Crippen LogP contribution in [0.1, 0.15) is 22.9 Å². The SMILES string of the molecule is Cc1ccn(-c2ccc(Cl)cc2[C@H](Oc2cc(-c3ccc(C[C@H](N)C(=O)O)cc3)nc(N)n2)C(F)F)n1. The summed E-state index contributed by atoms with van der Waals surface area (Å²) < 4.78 is 35.8. The second-order valence-corrected chi connectivity index (χ2v) is 8.71. The van der Waals surface area contributed by atoms with Gasteiger partial charge in [0.2, 0.25) is 11.8 Å². The van der Waals surface area contributed by atoms with Gasteiger partial charge in [0.1, 0.15) is 6.04 Å². The standard InChI is InChI=1S/C25H23ClF2N6O3/c1-13-8-9-34(33-13)20-7-6-16(26)11-17(20)22(23(27)28)37-21-12-19(31-25(30)32-21)15-4-2-14(3-5-15)10-18(29)24(35)36/h2-9,11-12,18,22-23H,10,29H2,1H3,(H,35,36)(H2,30,31,32)/t18-,22-/m0/s1. The Morgan fingerprint density at radius 2 is 1.86 bits per heavy atom. The number of ether oxygens (including phenoxy) is 1. The van der Waals surface area contributed by atoms with E-state index >= 15 is 0 Å². The number of nitrogens with two attached hydrogens (primary N) is 2. The van der Waals surface area contributed by atoms with E-state index in [9.17, 15) is 13.6 Å². The van der Waals surface area contributed by atoms with Crippen LogP contribution in [0.2, 0.25) is 5.02 Å². The predicted octanol–water partition coefficient (Wildman–Crippen LogP) is 4.21. The molecule has 0 aliphatic carbocycles. The van der Waals surface area contributed by atoms with Crippen molar-refractivity contribution in [2.24, 2.45) is 5.73 Å². The quantitative estimate of drug-likeness (QED) is 0.293. The lowest BCUT2D eigenvalue weighted by atomic mass is 10.0. The van der Waals surface area contributed by atoms with Gasteiger partial charge < -0.3 is 21.3 Å². The summed E-state index contributed by atoms with van der Waals surface area (Å²) in [5.74, 6) is -1.44. The third-order valence-corrected chi connectivity index (χ3v) is 5.72. The highest BCUT2D eigenvalue weighted by atomic mass is 35.5. The first-order valence-corrected chi connectivity index (χ1v) is 11.5. The van der Waals surface area contributed by atoms with Crippen LogP contribution in [0.25, 0.3) is 16.9 Å². The highest BCUT2D eigenvalue weighted by molar-refractivity contribution is 6.30. The van der Waals surface area contributed by atoms with Crippen molar-refractivity contribution < 1.29 is 23.4 Å². The van der Waals surface area contributed by atoms with Crippen molar-refractivity contribution in [3.8, 4) is 22.8 Å². The van der Waals surface area contributed by atoms with Crippen LogP contribution in [0, 0.1) is 6.92 Å². The van der Waals surface area contributed by atoms with Crippen LogP contribution in [-0.2, 0) is 11.2 Å². The number of aromatic nitrogens is 4. The first-order chi connectivity index (χ1) is 17.6. The number of carboxylic acid groups (broad SMARTS) is 1. The molecule has 2 atom stereocenters. The number of nitrogens with zero attached hydrogens (tertiary/aromatic N) is 4. The lowest BCUT2D eigenvalue weighted by molar-refractivity contribution is -0.138. The average Bonchev–Trinajstić information content (AvgIpc) is 3.28. The third kappa shape index (κ3) is 6.19. The zero-order chi connectivity index (χ0) is 26.7. The summed E-state index contributed by atoms with van der Waals surface area (Å²) in [6.07, 6.45) is -2.88.